The minimum atomic E-state index is -0.548. The second kappa shape index (κ2) is 5.68. The molecule has 0 aromatic heterocycles. The van der Waals surface area contributed by atoms with Crippen molar-refractivity contribution >= 4 is 0 Å². The zero-order chi connectivity index (χ0) is 12.3. The Bertz CT molecular complexity index is 223. The van der Waals surface area contributed by atoms with Gasteiger partial charge in [0.15, 0.2) is 0 Å². The van der Waals surface area contributed by atoms with Gasteiger partial charge in [-0.05, 0) is 32.6 Å². The van der Waals surface area contributed by atoms with Crippen molar-refractivity contribution in [2.24, 2.45) is 5.92 Å². The van der Waals surface area contributed by atoms with Gasteiger partial charge in [0.1, 0.15) is 0 Å². The number of piperazine rings is 1. The monoisotopic (exact) mass is 240 g/mol. The van der Waals surface area contributed by atoms with E-state index in [1.807, 2.05) is 13.8 Å². The Balaban J connectivity index is 1.67. The van der Waals surface area contributed by atoms with E-state index in [2.05, 4.69) is 9.80 Å². The predicted molar refractivity (Wildman–Crippen MR) is 71.1 cm³/mol. The quantitative estimate of drug-likeness (QED) is 0.808. The van der Waals surface area contributed by atoms with Crippen LogP contribution < -0.4 is 0 Å². The molecule has 100 valence electrons. The summed E-state index contributed by atoms with van der Waals surface area (Å²) < 4.78 is 0. The first-order chi connectivity index (χ1) is 8.03. The minimum Gasteiger partial charge on any atom is -0.389 e. The van der Waals surface area contributed by atoms with Gasteiger partial charge in [-0.25, -0.2) is 0 Å². The molecule has 1 heterocycles. The van der Waals surface area contributed by atoms with Crippen LogP contribution in [0.1, 0.15) is 39.5 Å². The van der Waals surface area contributed by atoms with Crippen molar-refractivity contribution < 1.29 is 5.11 Å². The molecule has 3 heteroatoms. The van der Waals surface area contributed by atoms with Crippen molar-refractivity contribution in [3.63, 3.8) is 0 Å². The minimum absolute atomic E-state index is 0.548. The lowest BCUT2D eigenvalue weighted by molar-refractivity contribution is 0.0158. The van der Waals surface area contributed by atoms with Crippen molar-refractivity contribution in [2.45, 2.75) is 45.1 Å². The van der Waals surface area contributed by atoms with Crippen LogP contribution in [-0.2, 0) is 0 Å². The topological polar surface area (TPSA) is 26.7 Å². The first kappa shape index (κ1) is 13.3. The predicted octanol–water partition coefficient (Wildman–Crippen LogP) is 1.57. The molecule has 0 aromatic rings. The average Bonchev–Trinajstić information content (AvgIpc) is 2.71. The van der Waals surface area contributed by atoms with E-state index >= 15 is 0 Å². The molecule has 1 N–H and O–H groups in total. The Morgan fingerprint density at radius 1 is 1.00 bits per heavy atom. The third-order valence-electron chi connectivity index (χ3n) is 4.07. The Morgan fingerprint density at radius 3 is 2.06 bits per heavy atom. The number of aliphatic hydroxyl groups is 1. The van der Waals surface area contributed by atoms with Gasteiger partial charge in [0.2, 0.25) is 0 Å². The lowest BCUT2D eigenvalue weighted by Crippen LogP contribution is -2.51. The van der Waals surface area contributed by atoms with Crippen LogP contribution in [0.5, 0.6) is 0 Å². The maximum atomic E-state index is 9.81. The van der Waals surface area contributed by atoms with E-state index in [1.54, 1.807) is 0 Å². The van der Waals surface area contributed by atoms with Gasteiger partial charge in [0.05, 0.1) is 5.60 Å². The van der Waals surface area contributed by atoms with Crippen molar-refractivity contribution in [3.05, 3.63) is 0 Å². The lowest BCUT2D eigenvalue weighted by Gasteiger charge is -2.38. The van der Waals surface area contributed by atoms with Crippen LogP contribution in [0.4, 0.5) is 0 Å². The molecule has 1 saturated heterocycles. The molecule has 2 fully saturated rings. The summed E-state index contributed by atoms with van der Waals surface area (Å²) in [7, 11) is 0. The summed E-state index contributed by atoms with van der Waals surface area (Å²) in [4.78, 5) is 5.02. The average molecular weight is 240 g/mol. The molecule has 3 nitrogen and oxygen atoms in total. The summed E-state index contributed by atoms with van der Waals surface area (Å²) in [5, 5.41) is 9.81. The molecule has 0 amide bonds. The molecular formula is C14H28N2O. The van der Waals surface area contributed by atoms with Gasteiger partial charge in [0.25, 0.3) is 0 Å². The Morgan fingerprint density at radius 2 is 1.53 bits per heavy atom. The smallest absolute Gasteiger partial charge is 0.0718 e. The molecule has 17 heavy (non-hydrogen) atoms. The van der Waals surface area contributed by atoms with Gasteiger partial charge in [0, 0.05) is 39.3 Å². The number of nitrogens with zero attached hydrogens (tertiary/aromatic N) is 2. The second-order valence-electron chi connectivity index (χ2n) is 6.54. The highest BCUT2D eigenvalue weighted by molar-refractivity contribution is 4.80. The Labute approximate surface area is 106 Å². The van der Waals surface area contributed by atoms with Crippen LogP contribution in [0.25, 0.3) is 0 Å². The summed E-state index contributed by atoms with van der Waals surface area (Å²) in [6, 6.07) is 0. The van der Waals surface area contributed by atoms with Gasteiger partial charge in [-0.2, -0.15) is 0 Å². The first-order valence-electron chi connectivity index (χ1n) is 7.20. The Hall–Kier alpha value is -0.120. The van der Waals surface area contributed by atoms with Crippen molar-refractivity contribution in [1.29, 1.82) is 0 Å². The molecular weight excluding hydrogens is 212 g/mol. The maximum Gasteiger partial charge on any atom is 0.0718 e. The third kappa shape index (κ3) is 4.57. The SMILES string of the molecule is CC(C)(O)CN1CCN(CC2CCCC2)CC1. The fourth-order valence-electron chi connectivity index (χ4n) is 3.24. The number of hydrogen-bond acceptors (Lipinski definition) is 3. The highest BCUT2D eigenvalue weighted by Gasteiger charge is 2.24. The van der Waals surface area contributed by atoms with E-state index in [9.17, 15) is 5.11 Å². The summed E-state index contributed by atoms with van der Waals surface area (Å²) in [6.45, 7) is 10.5. The van der Waals surface area contributed by atoms with E-state index in [-0.39, 0.29) is 0 Å². The van der Waals surface area contributed by atoms with Gasteiger partial charge < -0.3 is 10.0 Å². The highest BCUT2D eigenvalue weighted by atomic mass is 16.3. The summed E-state index contributed by atoms with van der Waals surface area (Å²) in [5.41, 5.74) is -0.548. The Kier molecular flexibility index (Phi) is 4.45. The van der Waals surface area contributed by atoms with Crippen LogP contribution in [0.2, 0.25) is 0 Å². The lowest BCUT2D eigenvalue weighted by atomic mass is 10.1. The maximum absolute atomic E-state index is 9.81. The second-order valence-corrected chi connectivity index (χ2v) is 6.54. The third-order valence-corrected chi connectivity index (χ3v) is 4.07. The summed E-state index contributed by atoms with van der Waals surface area (Å²) in [6.07, 6.45) is 5.79. The van der Waals surface area contributed by atoms with Crippen molar-refractivity contribution in [3.8, 4) is 0 Å². The molecule has 0 aromatic carbocycles. The van der Waals surface area contributed by atoms with Crippen LogP contribution in [0, 0.1) is 5.92 Å². The zero-order valence-corrected chi connectivity index (χ0v) is 11.5. The molecule has 1 aliphatic heterocycles. The first-order valence-corrected chi connectivity index (χ1v) is 7.20. The molecule has 0 unspecified atom stereocenters. The fourth-order valence-corrected chi connectivity index (χ4v) is 3.24. The summed E-state index contributed by atoms with van der Waals surface area (Å²) in [5.74, 6) is 0.968. The number of β-amino-alcohol motifs (C(OH)–C–C–N with tert-alkyl or cyclic N) is 1. The van der Waals surface area contributed by atoms with Crippen LogP contribution >= 0.6 is 0 Å². The van der Waals surface area contributed by atoms with Crippen LogP contribution in [0.3, 0.4) is 0 Å². The number of hydrogen-bond donors (Lipinski definition) is 1. The molecule has 2 rings (SSSR count). The van der Waals surface area contributed by atoms with Crippen molar-refractivity contribution in [2.75, 3.05) is 39.3 Å². The summed E-state index contributed by atoms with van der Waals surface area (Å²) >= 11 is 0. The van der Waals surface area contributed by atoms with Crippen molar-refractivity contribution in [1.82, 2.24) is 9.80 Å². The molecule has 1 saturated carbocycles. The van der Waals surface area contributed by atoms with Gasteiger partial charge >= 0.3 is 0 Å². The van der Waals surface area contributed by atoms with Gasteiger partial charge in [-0.1, -0.05) is 12.8 Å². The van der Waals surface area contributed by atoms with E-state index in [0.717, 1.165) is 25.6 Å². The van der Waals surface area contributed by atoms with Gasteiger partial charge in [-0.3, -0.25) is 4.90 Å². The van der Waals surface area contributed by atoms with E-state index in [4.69, 9.17) is 0 Å². The largest absolute Gasteiger partial charge is 0.389 e. The van der Waals surface area contributed by atoms with E-state index < -0.39 is 5.60 Å². The molecule has 0 atom stereocenters. The fraction of sp³-hybridized carbons (Fsp3) is 1.00. The normalized spacial score (nSPS) is 25.6. The van der Waals surface area contributed by atoms with E-state index in [1.165, 1.54) is 45.3 Å². The van der Waals surface area contributed by atoms with Crippen LogP contribution in [0.15, 0.2) is 0 Å². The van der Waals surface area contributed by atoms with Crippen LogP contribution in [-0.4, -0.2) is 59.8 Å². The zero-order valence-electron chi connectivity index (χ0n) is 11.5. The highest BCUT2D eigenvalue weighted by Crippen LogP contribution is 2.25. The standard InChI is InChI=1S/C14H28N2O/c1-14(2,17)12-16-9-7-15(8-10-16)11-13-5-3-4-6-13/h13,17H,3-12H2,1-2H3. The van der Waals surface area contributed by atoms with E-state index in [0.29, 0.717) is 0 Å². The molecule has 0 radical (unpaired) electrons. The van der Waals surface area contributed by atoms with Gasteiger partial charge in [-0.15, -0.1) is 0 Å². The number of rotatable bonds is 4. The molecule has 1 aliphatic carbocycles. The molecule has 0 bridgehead atoms. The molecule has 2 aliphatic rings. The molecule has 0 spiro atoms.